The van der Waals surface area contributed by atoms with E-state index in [9.17, 15) is 4.79 Å². The van der Waals surface area contributed by atoms with E-state index in [1.807, 2.05) is 41.8 Å². The van der Waals surface area contributed by atoms with Crippen LogP contribution in [0.15, 0.2) is 47.6 Å². The van der Waals surface area contributed by atoms with E-state index in [0.717, 1.165) is 16.5 Å². The number of hydrogen-bond acceptors (Lipinski definition) is 5. The van der Waals surface area contributed by atoms with Gasteiger partial charge in [0.1, 0.15) is 6.07 Å². The summed E-state index contributed by atoms with van der Waals surface area (Å²) in [6.07, 6.45) is 0.301. The third-order valence-corrected chi connectivity index (χ3v) is 5.60. The summed E-state index contributed by atoms with van der Waals surface area (Å²) in [7, 11) is 0. The van der Waals surface area contributed by atoms with E-state index in [0.29, 0.717) is 40.0 Å². The highest BCUT2D eigenvalue weighted by molar-refractivity contribution is 7.99. The minimum Gasteiger partial charge on any atom is -0.326 e. The first-order chi connectivity index (χ1) is 14.0. The highest BCUT2D eigenvalue weighted by Gasteiger charge is 2.14. The number of carbonyl (C=O) groups excluding carboxylic acids is 1. The van der Waals surface area contributed by atoms with Crippen molar-refractivity contribution in [3.05, 3.63) is 58.1 Å². The standard InChI is InChI=1S/C20H17Cl2N5OS/c1-2-27-19(13-3-6-15(21)7-4-13)25-26-20(27)29-10-9-18(28)24-16-8-5-14(12-23)17(22)11-16/h3-8,11H,2,9-10H2,1H3,(H,24,28). The highest BCUT2D eigenvalue weighted by atomic mass is 35.5. The van der Waals surface area contributed by atoms with Crippen molar-refractivity contribution in [2.45, 2.75) is 25.0 Å². The first kappa shape index (κ1) is 21.2. The van der Waals surface area contributed by atoms with Gasteiger partial charge in [-0.3, -0.25) is 4.79 Å². The average Bonchev–Trinajstić information content (AvgIpc) is 3.11. The lowest BCUT2D eigenvalue weighted by molar-refractivity contribution is -0.115. The van der Waals surface area contributed by atoms with Gasteiger partial charge in [-0.25, -0.2) is 0 Å². The van der Waals surface area contributed by atoms with Crippen LogP contribution in [0.3, 0.4) is 0 Å². The van der Waals surface area contributed by atoms with E-state index in [-0.39, 0.29) is 5.91 Å². The van der Waals surface area contributed by atoms with Crippen LogP contribution in [0, 0.1) is 11.3 Å². The summed E-state index contributed by atoms with van der Waals surface area (Å²) in [5, 5.41) is 22.0. The van der Waals surface area contributed by atoms with Gasteiger partial charge in [0.05, 0.1) is 10.6 Å². The molecule has 3 aromatic rings. The van der Waals surface area contributed by atoms with Crippen LogP contribution < -0.4 is 5.32 Å². The first-order valence-corrected chi connectivity index (χ1v) is 10.6. The van der Waals surface area contributed by atoms with Gasteiger partial charge in [0, 0.05) is 35.0 Å². The summed E-state index contributed by atoms with van der Waals surface area (Å²) >= 11 is 13.4. The fraction of sp³-hybridized carbons (Fsp3) is 0.200. The largest absolute Gasteiger partial charge is 0.326 e. The molecule has 0 bridgehead atoms. The lowest BCUT2D eigenvalue weighted by Gasteiger charge is -2.08. The molecule has 1 aromatic heterocycles. The van der Waals surface area contributed by atoms with Crippen LogP contribution in [0.5, 0.6) is 0 Å². The Morgan fingerprint density at radius 1 is 1.21 bits per heavy atom. The molecule has 0 unspecified atom stereocenters. The number of thioether (sulfide) groups is 1. The van der Waals surface area contributed by atoms with Crippen molar-refractivity contribution < 1.29 is 4.79 Å². The van der Waals surface area contributed by atoms with Crippen molar-refractivity contribution >= 4 is 46.6 Å². The van der Waals surface area contributed by atoms with Gasteiger partial charge in [-0.15, -0.1) is 10.2 Å². The van der Waals surface area contributed by atoms with Gasteiger partial charge in [0.15, 0.2) is 11.0 Å². The van der Waals surface area contributed by atoms with Crippen molar-refractivity contribution in [1.29, 1.82) is 5.26 Å². The van der Waals surface area contributed by atoms with E-state index >= 15 is 0 Å². The minimum absolute atomic E-state index is 0.140. The molecule has 0 fully saturated rings. The van der Waals surface area contributed by atoms with Gasteiger partial charge in [0.25, 0.3) is 0 Å². The van der Waals surface area contributed by atoms with Crippen molar-refractivity contribution in [3.63, 3.8) is 0 Å². The molecule has 0 atom stereocenters. The molecule has 1 N–H and O–H groups in total. The second kappa shape index (κ2) is 9.79. The zero-order valence-corrected chi connectivity index (χ0v) is 17.9. The van der Waals surface area contributed by atoms with Gasteiger partial charge in [0.2, 0.25) is 5.91 Å². The summed E-state index contributed by atoms with van der Waals surface area (Å²) in [5.41, 5.74) is 1.87. The normalized spacial score (nSPS) is 10.6. The van der Waals surface area contributed by atoms with Gasteiger partial charge < -0.3 is 9.88 Å². The Morgan fingerprint density at radius 3 is 2.62 bits per heavy atom. The topological polar surface area (TPSA) is 83.6 Å². The van der Waals surface area contributed by atoms with Crippen LogP contribution in [0.25, 0.3) is 11.4 Å². The maximum Gasteiger partial charge on any atom is 0.225 e. The summed E-state index contributed by atoms with van der Waals surface area (Å²) < 4.78 is 2.01. The number of rotatable bonds is 7. The van der Waals surface area contributed by atoms with Gasteiger partial charge >= 0.3 is 0 Å². The Labute approximate surface area is 182 Å². The molecule has 0 saturated carbocycles. The predicted octanol–water partition coefficient (Wildman–Crippen LogP) is 5.26. The molecule has 1 amide bonds. The molecule has 0 saturated heterocycles. The maximum atomic E-state index is 12.2. The Morgan fingerprint density at radius 2 is 1.97 bits per heavy atom. The predicted molar refractivity (Wildman–Crippen MR) is 116 cm³/mol. The van der Waals surface area contributed by atoms with E-state index in [4.69, 9.17) is 28.5 Å². The molecule has 1 heterocycles. The number of amides is 1. The van der Waals surface area contributed by atoms with Gasteiger partial charge in [-0.1, -0.05) is 35.0 Å². The van der Waals surface area contributed by atoms with Gasteiger partial charge in [-0.05, 0) is 49.4 Å². The molecular formula is C20H17Cl2N5OS. The number of nitrogens with one attached hydrogen (secondary N) is 1. The van der Waals surface area contributed by atoms with E-state index in [1.165, 1.54) is 11.8 Å². The molecule has 0 aliphatic heterocycles. The average molecular weight is 446 g/mol. The third kappa shape index (κ3) is 5.30. The lowest BCUT2D eigenvalue weighted by atomic mass is 10.2. The number of hydrogen-bond donors (Lipinski definition) is 1. The molecule has 0 spiro atoms. The van der Waals surface area contributed by atoms with Crippen molar-refractivity contribution in [3.8, 4) is 17.5 Å². The Hall–Kier alpha value is -2.53. The number of nitrogens with zero attached hydrogens (tertiary/aromatic N) is 4. The fourth-order valence-corrected chi connectivity index (χ4v) is 3.92. The number of nitriles is 1. The molecular weight excluding hydrogens is 429 g/mol. The number of carbonyl (C=O) groups is 1. The van der Waals surface area contributed by atoms with Crippen molar-refractivity contribution in [2.75, 3.05) is 11.1 Å². The lowest BCUT2D eigenvalue weighted by Crippen LogP contribution is -2.12. The first-order valence-electron chi connectivity index (χ1n) is 8.83. The summed E-state index contributed by atoms with van der Waals surface area (Å²) in [6, 6.07) is 14.2. The Kier molecular flexibility index (Phi) is 7.15. The number of aromatic nitrogens is 3. The van der Waals surface area contributed by atoms with Crippen LogP contribution in [-0.2, 0) is 11.3 Å². The van der Waals surface area contributed by atoms with Gasteiger partial charge in [-0.2, -0.15) is 5.26 Å². The Bertz CT molecular complexity index is 1060. The molecule has 9 heteroatoms. The van der Waals surface area contributed by atoms with Crippen LogP contribution >= 0.6 is 35.0 Å². The van der Waals surface area contributed by atoms with Crippen LogP contribution in [-0.4, -0.2) is 26.4 Å². The second-order valence-corrected chi connectivity index (χ2v) is 7.92. The van der Waals surface area contributed by atoms with Crippen LogP contribution in [0.2, 0.25) is 10.0 Å². The molecule has 6 nitrogen and oxygen atoms in total. The molecule has 0 aliphatic rings. The van der Waals surface area contributed by atoms with E-state index in [1.54, 1.807) is 18.2 Å². The van der Waals surface area contributed by atoms with Crippen LogP contribution in [0.4, 0.5) is 5.69 Å². The quantitative estimate of drug-likeness (QED) is 0.501. The van der Waals surface area contributed by atoms with E-state index < -0.39 is 0 Å². The Balaban J connectivity index is 1.59. The molecule has 29 heavy (non-hydrogen) atoms. The van der Waals surface area contributed by atoms with Crippen molar-refractivity contribution in [2.24, 2.45) is 0 Å². The number of benzene rings is 2. The molecule has 2 aromatic carbocycles. The smallest absolute Gasteiger partial charge is 0.225 e. The molecule has 0 radical (unpaired) electrons. The summed E-state index contributed by atoms with van der Waals surface area (Å²) in [4.78, 5) is 12.2. The second-order valence-electron chi connectivity index (χ2n) is 6.01. The van der Waals surface area contributed by atoms with Crippen molar-refractivity contribution in [1.82, 2.24) is 14.8 Å². The zero-order chi connectivity index (χ0) is 20.8. The monoisotopic (exact) mass is 445 g/mol. The fourth-order valence-electron chi connectivity index (χ4n) is 2.64. The van der Waals surface area contributed by atoms with E-state index in [2.05, 4.69) is 15.5 Å². The zero-order valence-electron chi connectivity index (χ0n) is 15.5. The SMILES string of the molecule is CCn1c(SCCC(=O)Nc2ccc(C#N)c(Cl)c2)nnc1-c1ccc(Cl)cc1. The third-order valence-electron chi connectivity index (χ3n) is 4.07. The molecule has 0 aliphatic carbocycles. The molecule has 148 valence electrons. The van der Waals surface area contributed by atoms with Crippen LogP contribution in [0.1, 0.15) is 18.9 Å². The highest BCUT2D eigenvalue weighted by Crippen LogP contribution is 2.26. The number of halogens is 2. The number of anilines is 1. The minimum atomic E-state index is -0.140. The maximum absolute atomic E-state index is 12.2. The molecule has 3 rings (SSSR count). The summed E-state index contributed by atoms with van der Waals surface area (Å²) in [6.45, 7) is 2.73. The summed E-state index contributed by atoms with van der Waals surface area (Å²) in [5.74, 6) is 1.18.